The fraction of sp³-hybridized carbons (Fsp3) is 0.471. The number of nitrogens with zero attached hydrogens (tertiary/aromatic N) is 3. The van der Waals surface area contributed by atoms with Crippen LogP contribution in [0.2, 0.25) is 0 Å². The van der Waals surface area contributed by atoms with E-state index in [1.165, 1.54) is 18.4 Å². The minimum absolute atomic E-state index is 0.352. The second-order valence-electron chi connectivity index (χ2n) is 6.30. The van der Waals surface area contributed by atoms with Crippen molar-refractivity contribution in [2.45, 2.75) is 43.9 Å². The number of aromatic nitrogens is 2. The molecule has 3 atom stereocenters. The molecule has 2 fully saturated rings. The summed E-state index contributed by atoms with van der Waals surface area (Å²) in [6.07, 6.45) is 3.65. The molecule has 4 rings (SSSR count). The van der Waals surface area contributed by atoms with Gasteiger partial charge < -0.3 is 4.52 Å². The summed E-state index contributed by atoms with van der Waals surface area (Å²) < 4.78 is 5.47. The van der Waals surface area contributed by atoms with E-state index >= 15 is 0 Å². The lowest BCUT2D eigenvalue weighted by Crippen LogP contribution is -1.98. The Balaban J connectivity index is 1.47. The molecule has 106 valence electrons. The van der Waals surface area contributed by atoms with Crippen LogP contribution in [0, 0.1) is 17.2 Å². The second kappa shape index (κ2) is 4.70. The minimum Gasteiger partial charge on any atom is -0.339 e. The van der Waals surface area contributed by atoms with Crippen LogP contribution in [-0.4, -0.2) is 10.1 Å². The van der Waals surface area contributed by atoms with E-state index in [2.05, 4.69) is 23.1 Å². The van der Waals surface area contributed by atoms with Crippen LogP contribution in [0.5, 0.6) is 0 Å². The molecule has 4 nitrogen and oxygen atoms in total. The largest absolute Gasteiger partial charge is 0.339 e. The molecule has 2 aliphatic rings. The Bertz CT molecular complexity index is 694. The Labute approximate surface area is 123 Å². The highest BCUT2D eigenvalue weighted by Gasteiger charge is 2.44. The molecule has 0 bridgehead atoms. The van der Waals surface area contributed by atoms with Crippen molar-refractivity contribution in [2.24, 2.45) is 5.92 Å². The highest BCUT2D eigenvalue weighted by molar-refractivity contribution is 5.37. The van der Waals surface area contributed by atoms with Gasteiger partial charge in [0.05, 0.1) is 11.6 Å². The molecule has 2 aliphatic carbocycles. The van der Waals surface area contributed by atoms with Gasteiger partial charge in [0, 0.05) is 11.8 Å². The molecule has 2 saturated carbocycles. The van der Waals surface area contributed by atoms with Crippen molar-refractivity contribution in [3.63, 3.8) is 0 Å². The molecule has 21 heavy (non-hydrogen) atoms. The lowest BCUT2D eigenvalue weighted by Gasteiger charge is -2.01. The Morgan fingerprint density at radius 1 is 1.24 bits per heavy atom. The van der Waals surface area contributed by atoms with Gasteiger partial charge in [0.2, 0.25) is 5.89 Å². The molecule has 0 aliphatic heterocycles. The Kier molecular flexibility index (Phi) is 2.81. The first-order valence-corrected chi connectivity index (χ1v) is 7.60. The van der Waals surface area contributed by atoms with Crippen molar-refractivity contribution in [2.75, 3.05) is 0 Å². The van der Waals surface area contributed by atoms with Gasteiger partial charge in [-0.3, -0.25) is 0 Å². The van der Waals surface area contributed by atoms with E-state index in [9.17, 15) is 0 Å². The van der Waals surface area contributed by atoms with E-state index in [1.54, 1.807) is 0 Å². The molecule has 1 aromatic carbocycles. The minimum atomic E-state index is 0.352. The third-order valence-electron chi connectivity index (χ3n) is 4.77. The quantitative estimate of drug-likeness (QED) is 0.855. The molecule has 1 aromatic heterocycles. The van der Waals surface area contributed by atoms with Gasteiger partial charge >= 0.3 is 0 Å². The van der Waals surface area contributed by atoms with Crippen molar-refractivity contribution < 1.29 is 4.52 Å². The summed E-state index contributed by atoms with van der Waals surface area (Å²) in [4.78, 5) is 4.61. The Morgan fingerprint density at radius 2 is 2.00 bits per heavy atom. The SMILES string of the molecule is CC(c1noc(C2CC2c2ccc(C#N)cc2)n1)C1CC1. The first kappa shape index (κ1) is 12.6. The predicted molar refractivity (Wildman–Crippen MR) is 76.7 cm³/mol. The molecule has 0 radical (unpaired) electrons. The van der Waals surface area contributed by atoms with Crippen LogP contribution in [0.4, 0.5) is 0 Å². The summed E-state index contributed by atoms with van der Waals surface area (Å²) in [5.74, 6) is 3.65. The van der Waals surface area contributed by atoms with Crippen LogP contribution in [-0.2, 0) is 0 Å². The monoisotopic (exact) mass is 279 g/mol. The van der Waals surface area contributed by atoms with Gasteiger partial charge in [-0.05, 0) is 48.8 Å². The summed E-state index contributed by atoms with van der Waals surface area (Å²) in [5, 5.41) is 13.0. The van der Waals surface area contributed by atoms with Crippen LogP contribution < -0.4 is 0 Å². The fourth-order valence-corrected chi connectivity index (χ4v) is 3.03. The van der Waals surface area contributed by atoms with Crippen LogP contribution in [0.1, 0.15) is 66.8 Å². The van der Waals surface area contributed by atoms with Gasteiger partial charge in [0.15, 0.2) is 5.82 Å². The highest BCUT2D eigenvalue weighted by atomic mass is 16.5. The van der Waals surface area contributed by atoms with Crippen LogP contribution >= 0.6 is 0 Å². The van der Waals surface area contributed by atoms with E-state index in [0.29, 0.717) is 23.3 Å². The number of nitriles is 1. The van der Waals surface area contributed by atoms with Crippen molar-refractivity contribution in [3.8, 4) is 6.07 Å². The van der Waals surface area contributed by atoms with Gasteiger partial charge in [-0.15, -0.1) is 0 Å². The van der Waals surface area contributed by atoms with E-state index < -0.39 is 0 Å². The van der Waals surface area contributed by atoms with Crippen molar-refractivity contribution in [1.29, 1.82) is 5.26 Å². The van der Waals surface area contributed by atoms with Crippen LogP contribution in [0.15, 0.2) is 28.8 Å². The third kappa shape index (κ3) is 2.33. The molecule has 2 aromatic rings. The number of rotatable bonds is 4. The standard InChI is InChI=1S/C17H17N3O/c1-10(12-6-7-12)16-19-17(21-20-16)15-8-14(15)13-4-2-11(9-18)3-5-13/h2-5,10,12,14-15H,6-8H2,1H3. The van der Waals surface area contributed by atoms with Crippen LogP contribution in [0.25, 0.3) is 0 Å². The molecule has 1 heterocycles. The Hall–Kier alpha value is -2.15. The normalized spacial score (nSPS) is 25.3. The third-order valence-corrected chi connectivity index (χ3v) is 4.77. The maximum absolute atomic E-state index is 8.83. The van der Waals surface area contributed by atoms with Crippen molar-refractivity contribution in [3.05, 3.63) is 47.1 Å². The summed E-state index contributed by atoms with van der Waals surface area (Å²) >= 11 is 0. The fourth-order valence-electron chi connectivity index (χ4n) is 3.03. The van der Waals surface area contributed by atoms with Gasteiger partial charge in [-0.2, -0.15) is 10.2 Å². The lowest BCUT2D eigenvalue weighted by atomic mass is 10.1. The zero-order valence-corrected chi connectivity index (χ0v) is 12.0. The molecular formula is C17H17N3O. The molecule has 0 N–H and O–H groups in total. The predicted octanol–water partition coefficient (Wildman–Crippen LogP) is 3.73. The average molecular weight is 279 g/mol. The number of hydrogen-bond donors (Lipinski definition) is 0. The maximum atomic E-state index is 8.83. The van der Waals surface area contributed by atoms with Crippen LogP contribution in [0.3, 0.4) is 0 Å². The topological polar surface area (TPSA) is 62.7 Å². The molecule has 4 heteroatoms. The summed E-state index contributed by atoms with van der Waals surface area (Å²) in [6, 6.07) is 9.97. The number of benzene rings is 1. The number of hydrogen-bond acceptors (Lipinski definition) is 4. The van der Waals surface area contributed by atoms with E-state index in [-0.39, 0.29) is 0 Å². The molecule has 0 amide bonds. The summed E-state index contributed by atoms with van der Waals surface area (Å²) in [7, 11) is 0. The lowest BCUT2D eigenvalue weighted by molar-refractivity contribution is 0.368. The van der Waals surface area contributed by atoms with E-state index in [0.717, 1.165) is 24.1 Å². The Morgan fingerprint density at radius 3 is 2.67 bits per heavy atom. The first-order valence-electron chi connectivity index (χ1n) is 7.60. The first-order chi connectivity index (χ1) is 10.3. The maximum Gasteiger partial charge on any atom is 0.230 e. The van der Waals surface area contributed by atoms with Gasteiger partial charge in [0.1, 0.15) is 0 Å². The van der Waals surface area contributed by atoms with E-state index in [4.69, 9.17) is 9.78 Å². The molecule has 3 unspecified atom stereocenters. The van der Waals surface area contributed by atoms with Gasteiger partial charge in [0.25, 0.3) is 0 Å². The van der Waals surface area contributed by atoms with Crippen molar-refractivity contribution >= 4 is 0 Å². The van der Waals surface area contributed by atoms with Gasteiger partial charge in [-0.25, -0.2) is 0 Å². The van der Waals surface area contributed by atoms with Crippen molar-refractivity contribution in [1.82, 2.24) is 10.1 Å². The summed E-state index contributed by atoms with van der Waals surface area (Å²) in [5.41, 5.74) is 1.96. The molecule has 0 spiro atoms. The van der Waals surface area contributed by atoms with E-state index in [1.807, 2.05) is 24.3 Å². The molecular weight excluding hydrogens is 262 g/mol. The average Bonchev–Trinajstić information content (AvgIpc) is 3.45. The van der Waals surface area contributed by atoms with Gasteiger partial charge in [-0.1, -0.05) is 24.2 Å². The highest BCUT2D eigenvalue weighted by Crippen LogP contribution is 2.54. The smallest absolute Gasteiger partial charge is 0.230 e. The molecule has 0 saturated heterocycles. The summed E-state index contributed by atoms with van der Waals surface area (Å²) in [6.45, 7) is 2.19. The zero-order chi connectivity index (χ0) is 14.4. The second-order valence-corrected chi connectivity index (χ2v) is 6.30. The zero-order valence-electron chi connectivity index (χ0n) is 12.0.